The molecule has 1 aliphatic heterocycles. The minimum absolute atomic E-state index is 0.295. The van der Waals surface area contributed by atoms with E-state index in [-0.39, 0.29) is 12.4 Å². The molecule has 3 rings (SSSR count). The molecule has 0 radical (unpaired) electrons. The summed E-state index contributed by atoms with van der Waals surface area (Å²) in [5.74, 6) is 2.14. The Morgan fingerprint density at radius 3 is 2.18 bits per heavy atom. The second-order valence-corrected chi connectivity index (χ2v) is 10.4. The van der Waals surface area contributed by atoms with E-state index in [9.17, 15) is 18.0 Å². The van der Waals surface area contributed by atoms with E-state index in [1.165, 1.54) is 47.5 Å². The van der Waals surface area contributed by atoms with Gasteiger partial charge >= 0.3 is 12.3 Å². The van der Waals surface area contributed by atoms with Crippen molar-refractivity contribution in [3.8, 4) is 11.5 Å². The average molecular weight is 482 g/mol. The molecular weight excluding hydrogens is 453 g/mol. The van der Waals surface area contributed by atoms with Crippen LogP contribution in [0.1, 0.15) is 36.5 Å². The molecule has 1 unspecified atom stereocenters. The zero-order chi connectivity index (χ0) is 24.2. The Labute approximate surface area is 195 Å². The molecule has 178 valence electrons. The summed E-state index contributed by atoms with van der Waals surface area (Å²) in [5.41, 5.74) is 1.16. The maximum absolute atomic E-state index is 12.6. The van der Waals surface area contributed by atoms with E-state index in [1.54, 1.807) is 6.92 Å². The van der Waals surface area contributed by atoms with Gasteiger partial charge in [0, 0.05) is 10.9 Å². The first-order chi connectivity index (χ1) is 15.5. The van der Waals surface area contributed by atoms with Gasteiger partial charge < -0.3 is 14.2 Å². The third-order valence-corrected chi connectivity index (χ3v) is 7.97. The van der Waals surface area contributed by atoms with Crippen molar-refractivity contribution in [2.24, 2.45) is 0 Å². The molecule has 1 heterocycles. The lowest BCUT2D eigenvalue weighted by Gasteiger charge is -2.27. The summed E-state index contributed by atoms with van der Waals surface area (Å²) >= 11 is 0. The third-order valence-electron chi connectivity index (χ3n) is 5.51. The van der Waals surface area contributed by atoms with Gasteiger partial charge in [0.05, 0.1) is 0 Å². The summed E-state index contributed by atoms with van der Waals surface area (Å²) in [6.45, 7) is 8.95. The minimum atomic E-state index is -4.78. The fraction of sp³-hybridized carbons (Fsp3) is 0.400. The van der Waals surface area contributed by atoms with Crippen LogP contribution in [-0.2, 0) is 26.0 Å². The number of alkyl halides is 3. The lowest BCUT2D eigenvalue weighted by molar-refractivity contribution is -0.274. The molecule has 0 spiro atoms. The molecule has 0 aromatic heterocycles. The second-order valence-electron chi connectivity index (χ2n) is 8.14. The Morgan fingerprint density at radius 2 is 1.67 bits per heavy atom. The molecule has 0 N–H and O–H groups in total. The van der Waals surface area contributed by atoms with Gasteiger partial charge in [-0.1, -0.05) is 18.7 Å². The predicted octanol–water partition coefficient (Wildman–Crippen LogP) is 6.00. The van der Waals surface area contributed by atoms with Crippen molar-refractivity contribution in [1.82, 2.24) is 0 Å². The zero-order valence-electron chi connectivity index (χ0n) is 19.0. The molecule has 1 fully saturated rings. The maximum Gasteiger partial charge on any atom is 0.573 e. The molecule has 4 nitrogen and oxygen atoms in total. The Bertz CT molecular complexity index is 975. The number of ether oxygens (including phenoxy) is 3. The molecule has 0 aliphatic carbocycles. The van der Waals surface area contributed by atoms with Gasteiger partial charge in [-0.3, -0.25) is 0 Å². The van der Waals surface area contributed by atoms with Crippen LogP contribution in [0.25, 0.3) is 0 Å². The van der Waals surface area contributed by atoms with Crippen molar-refractivity contribution in [3.05, 3.63) is 65.7 Å². The lowest BCUT2D eigenvalue weighted by Crippen LogP contribution is -2.29. The van der Waals surface area contributed by atoms with Crippen LogP contribution in [0, 0.1) is 13.8 Å². The monoisotopic (exact) mass is 481 g/mol. The molecule has 0 saturated carbocycles. The smallest absolute Gasteiger partial charge is 0.481 e. The van der Waals surface area contributed by atoms with Crippen LogP contribution < -0.4 is 9.47 Å². The molecule has 33 heavy (non-hydrogen) atoms. The fourth-order valence-electron chi connectivity index (χ4n) is 3.80. The van der Waals surface area contributed by atoms with Crippen LogP contribution in [0.4, 0.5) is 13.2 Å². The Balaban J connectivity index is 1.65. The highest BCUT2D eigenvalue weighted by molar-refractivity contribution is 7.97. The van der Waals surface area contributed by atoms with Gasteiger partial charge in [-0.15, -0.1) is 13.2 Å². The molecule has 0 bridgehead atoms. The van der Waals surface area contributed by atoms with Gasteiger partial charge in [0.15, 0.2) is 17.1 Å². The first-order valence-corrected chi connectivity index (χ1v) is 12.2. The lowest BCUT2D eigenvalue weighted by atomic mass is 9.96. The van der Waals surface area contributed by atoms with Crippen molar-refractivity contribution in [2.75, 3.05) is 18.1 Å². The normalized spacial score (nSPS) is 16.2. The van der Waals surface area contributed by atoms with Gasteiger partial charge in [0.1, 0.15) is 23.0 Å². The van der Waals surface area contributed by atoms with Gasteiger partial charge in [0.2, 0.25) is 0 Å². The molecule has 1 saturated heterocycles. The van der Waals surface area contributed by atoms with Crippen LogP contribution in [0.3, 0.4) is 0 Å². The molecule has 8 heteroatoms. The van der Waals surface area contributed by atoms with Crippen molar-refractivity contribution in [2.45, 2.75) is 50.5 Å². The van der Waals surface area contributed by atoms with E-state index in [2.05, 4.69) is 23.4 Å². The summed E-state index contributed by atoms with van der Waals surface area (Å²) < 4.78 is 52.4. The SMILES string of the molecule is C=CC(C)(OC(=O)COc1c(C)cc([S+]2CCCC2)cc1C)c1ccc(OC(F)(F)F)cc1. The summed E-state index contributed by atoms with van der Waals surface area (Å²) in [6.07, 6.45) is -0.825. The quantitative estimate of drug-likeness (QED) is 0.264. The first kappa shape index (κ1) is 25.0. The van der Waals surface area contributed by atoms with Gasteiger partial charge in [-0.05, 0) is 80.6 Å². The summed E-state index contributed by atoms with van der Waals surface area (Å²) in [4.78, 5) is 13.9. The van der Waals surface area contributed by atoms with Crippen LogP contribution in [-0.4, -0.2) is 30.4 Å². The van der Waals surface area contributed by atoms with E-state index in [1.807, 2.05) is 13.8 Å². The number of aryl methyl sites for hydroxylation is 2. The molecule has 2 aromatic rings. The number of benzene rings is 2. The molecule has 2 aromatic carbocycles. The fourth-order valence-corrected chi connectivity index (χ4v) is 6.27. The minimum Gasteiger partial charge on any atom is -0.481 e. The van der Waals surface area contributed by atoms with Crippen molar-refractivity contribution in [3.63, 3.8) is 0 Å². The molecular formula is C25H28F3O4S+. The van der Waals surface area contributed by atoms with Crippen LogP contribution in [0.2, 0.25) is 0 Å². The topological polar surface area (TPSA) is 44.8 Å². The second kappa shape index (κ2) is 10.1. The number of carbonyl (C=O) groups excluding carboxylic acids is 1. The van der Waals surface area contributed by atoms with Crippen molar-refractivity contribution < 1.29 is 32.2 Å². The number of rotatable bonds is 8. The van der Waals surface area contributed by atoms with Crippen molar-refractivity contribution >= 4 is 16.9 Å². The van der Waals surface area contributed by atoms with E-state index in [4.69, 9.17) is 9.47 Å². The van der Waals surface area contributed by atoms with E-state index in [0.29, 0.717) is 22.2 Å². The highest BCUT2D eigenvalue weighted by Crippen LogP contribution is 2.32. The van der Waals surface area contributed by atoms with Crippen molar-refractivity contribution in [1.29, 1.82) is 0 Å². The van der Waals surface area contributed by atoms with Crippen LogP contribution in [0.5, 0.6) is 11.5 Å². The molecule has 0 amide bonds. The predicted molar refractivity (Wildman–Crippen MR) is 123 cm³/mol. The number of hydrogen-bond acceptors (Lipinski definition) is 4. The number of carbonyl (C=O) groups is 1. The third kappa shape index (κ3) is 6.47. The number of hydrogen-bond donors (Lipinski definition) is 0. The summed E-state index contributed by atoms with van der Waals surface area (Å²) in [7, 11) is 0.295. The van der Waals surface area contributed by atoms with Crippen LogP contribution in [0.15, 0.2) is 53.9 Å². The van der Waals surface area contributed by atoms with Gasteiger partial charge in [-0.25, -0.2) is 4.79 Å². The summed E-state index contributed by atoms with van der Waals surface area (Å²) in [5, 5.41) is 0. The van der Waals surface area contributed by atoms with E-state index in [0.717, 1.165) is 23.3 Å². The largest absolute Gasteiger partial charge is 0.573 e. The zero-order valence-corrected chi connectivity index (χ0v) is 19.8. The van der Waals surface area contributed by atoms with Gasteiger partial charge in [0.25, 0.3) is 0 Å². The Kier molecular flexibility index (Phi) is 7.67. The highest BCUT2D eigenvalue weighted by Gasteiger charge is 2.32. The van der Waals surface area contributed by atoms with E-state index >= 15 is 0 Å². The standard InChI is InChI=1S/C25H28F3O4S/c1-5-24(4,19-8-10-20(11-9-19)31-25(26,27)28)32-22(29)16-30-23-17(2)14-21(15-18(23)3)33-12-6-7-13-33/h5,8-11,14-15H,1,6-7,12-13,16H2,2-4H3/q+1. The van der Waals surface area contributed by atoms with E-state index < -0.39 is 17.9 Å². The Morgan fingerprint density at radius 1 is 1.09 bits per heavy atom. The average Bonchev–Trinajstić information content (AvgIpc) is 3.27. The Hall–Kier alpha value is -2.61. The number of esters is 1. The van der Waals surface area contributed by atoms with Gasteiger partial charge in [-0.2, -0.15) is 0 Å². The molecule has 1 aliphatic rings. The number of halogens is 3. The maximum atomic E-state index is 12.6. The first-order valence-electron chi connectivity index (χ1n) is 10.6. The molecule has 1 atom stereocenters. The summed E-state index contributed by atoms with van der Waals surface area (Å²) in [6, 6.07) is 9.39. The highest BCUT2D eigenvalue weighted by atomic mass is 32.2. The van der Waals surface area contributed by atoms with Crippen LogP contribution >= 0.6 is 0 Å².